The van der Waals surface area contributed by atoms with E-state index in [-0.39, 0.29) is 30.5 Å². The van der Waals surface area contributed by atoms with Crippen molar-refractivity contribution in [1.82, 2.24) is 0 Å². The number of amides is 2. The van der Waals surface area contributed by atoms with Gasteiger partial charge in [0.05, 0.1) is 11.6 Å². The molecule has 0 aromatic heterocycles. The van der Waals surface area contributed by atoms with Crippen LogP contribution in [-0.2, 0) is 16.0 Å². The van der Waals surface area contributed by atoms with Crippen molar-refractivity contribution in [2.45, 2.75) is 19.3 Å². The Labute approximate surface area is 145 Å². The maximum Gasteiger partial charge on any atom is 0.232 e. The Hall–Kier alpha value is -2.69. The van der Waals surface area contributed by atoms with Crippen LogP contribution in [0.3, 0.4) is 0 Å². The van der Waals surface area contributed by atoms with Crippen molar-refractivity contribution < 1.29 is 14.0 Å². The van der Waals surface area contributed by atoms with Crippen LogP contribution in [0.4, 0.5) is 15.8 Å². The summed E-state index contributed by atoms with van der Waals surface area (Å²) in [5.41, 5.74) is 2.36. The Morgan fingerprint density at radius 1 is 1.04 bits per heavy atom. The Bertz CT molecular complexity index is 836. The fourth-order valence-corrected chi connectivity index (χ4v) is 3.76. The SMILES string of the molecule is O=C1C[C@@H](C(=O)N2CCCc3ccccc32)CN1c1ccccc1F. The van der Waals surface area contributed by atoms with E-state index in [0.29, 0.717) is 6.54 Å². The fraction of sp³-hybridized carbons (Fsp3) is 0.300. The molecule has 5 heteroatoms. The molecule has 2 aromatic carbocycles. The van der Waals surface area contributed by atoms with E-state index >= 15 is 0 Å². The van der Waals surface area contributed by atoms with Crippen LogP contribution in [0.1, 0.15) is 18.4 Å². The second-order valence-corrected chi connectivity index (χ2v) is 6.58. The Balaban J connectivity index is 1.57. The van der Waals surface area contributed by atoms with E-state index in [4.69, 9.17) is 0 Å². The summed E-state index contributed by atoms with van der Waals surface area (Å²) in [6.07, 6.45) is 2.01. The lowest BCUT2D eigenvalue weighted by molar-refractivity contribution is -0.124. The third-order valence-electron chi connectivity index (χ3n) is 4.99. The largest absolute Gasteiger partial charge is 0.312 e. The fourth-order valence-electron chi connectivity index (χ4n) is 3.76. The van der Waals surface area contributed by atoms with Gasteiger partial charge in [-0.15, -0.1) is 0 Å². The molecule has 2 aliphatic rings. The highest BCUT2D eigenvalue weighted by molar-refractivity contribution is 6.04. The normalized spacial score (nSPS) is 19.9. The molecule has 0 radical (unpaired) electrons. The number of aryl methyl sites for hydroxylation is 1. The monoisotopic (exact) mass is 338 g/mol. The van der Waals surface area contributed by atoms with Crippen LogP contribution in [0.2, 0.25) is 0 Å². The molecule has 2 heterocycles. The predicted octanol–water partition coefficient (Wildman–Crippen LogP) is 3.16. The molecular weight excluding hydrogens is 319 g/mol. The molecule has 2 aromatic rings. The number of anilines is 2. The second kappa shape index (κ2) is 6.31. The van der Waals surface area contributed by atoms with Crippen LogP contribution < -0.4 is 9.80 Å². The Morgan fingerprint density at radius 3 is 2.56 bits per heavy atom. The van der Waals surface area contributed by atoms with Crippen molar-refractivity contribution in [1.29, 1.82) is 0 Å². The van der Waals surface area contributed by atoms with Gasteiger partial charge < -0.3 is 9.80 Å². The standard InChI is InChI=1S/C20H19FN2O2/c21-16-8-2-4-10-18(16)23-13-15(12-19(23)24)20(25)22-11-5-7-14-6-1-3-9-17(14)22/h1-4,6,8-10,15H,5,7,11-13H2/t15-/m1/s1. The number of benzene rings is 2. The number of nitrogens with zero attached hydrogens (tertiary/aromatic N) is 2. The highest BCUT2D eigenvalue weighted by atomic mass is 19.1. The molecule has 2 aliphatic heterocycles. The third-order valence-corrected chi connectivity index (χ3v) is 4.99. The smallest absolute Gasteiger partial charge is 0.232 e. The van der Waals surface area contributed by atoms with Gasteiger partial charge in [0, 0.05) is 25.2 Å². The van der Waals surface area contributed by atoms with Crippen LogP contribution in [0.25, 0.3) is 0 Å². The summed E-state index contributed by atoms with van der Waals surface area (Å²) in [6, 6.07) is 14.1. The van der Waals surface area contributed by atoms with E-state index in [2.05, 4.69) is 0 Å². The number of para-hydroxylation sites is 2. The van der Waals surface area contributed by atoms with Crippen molar-refractivity contribution in [2.75, 3.05) is 22.9 Å². The molecule has 0 unspecified atom stereocenters. The number of hydrogen-bond donors (Lipinski definition) is 0. The maximum atomic E-state index is 14.0. The molecule has 0 bridgehead atoms. The van der Waals surface area contributed by atoms with Crippen molar-refractivity contribution >= 4 is 23.2 Å². The molecule has 4 rings (SSSR count). The lowest BCUT2D eigenvalue weighted by atomic mass is 9.99. The van der Waals surface area contributed by atoms with Crippen molar-refractivity contribution in [2.24, 2.45) is 5.92 Å². The first-order valence-corrected chi connectivity index (χ1v) is 8.59. The van der Waals surface area contributed by atoms with E-state index in [1.54, 1.807) is 23.1 Å². The van der Waals surface area contributed by atoms with Gasteiger partial charge in [0.25, 0.3) is 0 Å². The average molecular weight is 338 g/mol. The van der Waals surface area contributed by atoms with Gasteiger partial charge in [0.15, 0.2) is 0 Å². The van der Waals surface area contributed by atoms with Gasteiger partial charge in [-0.3, -0.25) is 9.59 Å². The van der Waals surface area contributed by atoms with Crippen LogP contribution >= 0.6 is 0 Å². The van der Waals surface area contributed by atoms with Gasteiger partial charge in [-0.2, -0.15) is 0 Å². The molecule has 4 nitrogen and oxygen atoms in total. The van der Waals surface area contributed by atoms with Crippen molar-refractivity contribution in [3.63, 3.8) is 0 Å². The second-order valence-electron chi connectivity index (χ2n) is 6.58. The quantitative estimate of drug-likeness (QED) is 0.844. The van der Waals surface area contributed by atoms with E-state index in [1.807, 2.05) is 24.3 Å². The van der Waals surface area contributed by atoms with E-state index < -0.39 is 11.7 Å². The number of halogens is 1. The molecule has 1 fully saturated rings. The van der Waals surface area contributed by atoms with Crippen LogP contribution in [0, 0.1) is 11.7 Å². The van der Waals surface area contributed by atoms with Crippen LogP contribution in [-0.4, -0.2) is 24.9 Å². The molecule has 0 saturated carbocycles. The average Bonchev–Trinajstić information content (AvgIpc) is 3.02. The molecule has 128 valence electrons. The number of rotatable bonds is 2. The maximum absolute atomic E-state index is 14.0. The summed E-state index contributed by atoms with van der Waals surface area (Å²) in [6.45, 7) is 0.900. The van der Waals surface area contributed by atoms with Gasteiger partial charge in [0.1, 0.15) is 5.82 Å². The lowest BCUT2D eigenvalue weighted by Crippen LogP contribution is -2.40. The number of carbonyl (C=O) groups is 2. The van der Waals surface area contributed by atoms with Crippen molar-refractivity contribution in [3.8, 4) is 0 Å². The number of fused-ring (bicyclic) bond motifs is 1. The first-order chi connectivity index (χ1) is 12.1. The van der Waals surface area contributed by atoms with Gasteiger partial charge >= 0.3 is 0 Å². The van der Waals surface area contributed by atoms with Crippen LogP contribution in [0.5, 0.6) is 0 Å². The first-order valence-electron chi connectivity index (χ1n) is 8.59. The number of carbonyl (C=O) groups excluding carboxylic acids is 2. The highest BCUT2D eigenvalue weighted by Gasteiger charge is 2.39. The summed E-state index contributed by atoms with van der Waals surface area (Å²) in [4.78, 5) is 28.6. The molecule has 1 atom stereocenters. The Kier molecular flexibility index (Phi) is 3.99. The Morgan fingerprint density at radius 2 is 1.76 bits per heavy atom. The zero-order valence-corrected chi connectivity index (χ0v) is 13.8. The van der Waals surface area contributed by atoms with Gasteiger partial charge in [-0.1, -0.05) is 30.3 Å². The molecule has 25 heavy (non-hydrogen) atoms. The minimum Gasteiger partial charge on any atom is -0.312 e. The summed E-state index contributed by atoms with van der Waals surface area (Å²) in [7, 11) is 0. The van der Waals surface area contributed by atoms with Gasteiger partial charge in [0.2, 0.25) is 11.8 Å². The summed E-state index contributed by atoms with van der Waals surface area (Å²) in [5.74, 6) is -1.11. The molecule has 2 amide bonds. The van der Waals surface area contributed by atoms with Crippen molar-refractivity contribution in [3.05, 3.63) is 59.9 Å². The van der Waals surface area contributed by atoms with E-state index in [0.717, 1.165) is 24.1 Å². The summed E-state index contributed by atoms with van der Waals surface area (Å²) in [5, 5.41) is 0. The molecule has 1 saturated heterocycles. The minimum atomic E-state index is -0.438. The predicted molar refractivity (Wildman–Crippen MR) is 94.0 cm³/mol. The summed E-state index contributed by atoms with van der Waals surface area (Å²) < 4.78 is 14.0. The topological polar surface area (TPSA) is 40.6 Å². The van der Waals surface area contributed by atoms with Gasteiger partial charge in [-0.25, -0.2) is 4.39 Å². The van der Waals surface area contributed by atoms with Crippen LogP contribution in [0.15, 0.2) is 48.5 Å². The molecule has 0 spiro atoms. The minimum absolute atomic E-state index is 0.0423. The van der Waals surface area contributed by atoms with E-state index in [9.17, 15) is 14.0 Å². The van der Waals surface area contributed by atoms with E-state index in [1.165, 1.54) is 11.0 Å². The summed E-state index contributed by atoms with van der Waals surface area (Å²) >= 11 is 0. The molecular formula is C20H19FN2O2. The highest BCUT2D eigenvalue weighted by Crippen LogP contribution is 2.32. The first kappa shape index (κ1) is 15.8. The molecule has 0 N–H and O–H groups in total. The van der Waals surface area contributed by atoms with Gasteiger partial charge in [-0.05, 0) is 36.6 Å². The lowest BCUT2D eigenvalue weighted by Gasteiger charge is -2.31. The zero-order chi connectivity index (χ0) is 17.4. The number of hydrogen-bond acceptors (Lipinski definition) is 2. The molecule has 0 aliphatic carbocycles. The third kappa shape index (κ3) is 2.80. The zero-order valence-electron chi connectivity index (χ0n) is 13.8.